The Kier molecular flexibility index (Phi) is 2.95. The molecule has 3 rings (SSSR count). The number of hydrogen-bond donors (Lipinski definition) is 3. The zero-order chi connectivity index (χ0) is 14.4. The van der Waals surface area contributed by atoms with Crippen LogP contribution in [0.3, 0.4) is 0 Å². The van der Waals surface area contributed by atoms with Gasteiger partial charge in [0.2, 0.25) is 0 Å². The van der Waals surface area contributed by atoms with Crippen molar-refractivity contribution in [3.63, 3.8) is 0 Å². The lowest BCUT2D eigenvalue weighted by Crippen LogP contribution is -2.48. The predicted molar refractivity (Wildman–Crippen MR) is 73.7 cm³/mol. The van der Waals surface area contributed by atoms with E-state index >= 15 is 0 Å². The number of rotatable bonds is 3. The monoisotopic (exact) mass is 275 g/mol. The highest BCUT2D eigenvalue weighted by molar-refractivity contribution is 5.81. The molecular formula is C13H17N5O2. The van der Waals surface area contributed by atoms with Gasteiger partial charge in [-0.25, -0.2) is 15.0 Å². The third-order valence-electron chi connectivity index (χ3n) is 4.13. The third kappa shape index (κ3) is 1.63. The van der Waals surface area contributed by atoms with Crippen LogP contribution >= 0.6 is 0 Å². The van der Waals surface area contributed by atoms with Crippen LogP contribution in [0.25, 0.3) is 11.2 Å². The van der Waals surface area contributed by atoms with Crippen molar-refractivity contribution in [1.82, 2.24) is 19.5 Å². The fourth-order valence-corrected chi connectivity index (χ4v) is 3.09. The lowest BCUT2D eigenvalue weighted by molar-refractivity contribution is 0.00235. The molecule has 0 bridgehead atoms. The van der Waals surface area contributed by atoms with Crippen molar-refractivity contribution in [3.05, 3.63) is 24.8 Å². The summed E-state index contributed by atoms with van der Waals surface area (Å²) in [4.78, 5) is 12.3. The first-order valence-electron chi connectivity index (χ1n) is 6.47. The van der Waals surface area contributed by atoms with E-state index in [9.17, 15) is 10.2 Å². The summed E-state index contributed by atoms with van der Waals surface area (Å²) in [6, 6.07) is -0.133. The zero-order valence-corrected chi connectivity index (χ0v) is 11.1. The van der Waals surface area contributed by atoms with Crippen molar-refractivity contribution in [2.45, 2.75) is 19.1 Å². The Hall–Kier alpha value is -1.99. The molecule has 0 spiro atoms. The normalized spacial score (nSPS) is 27.6. The van der Waals surface area contributed by atoms with Crippen molar-refractivity contribution in [1.29, 1.82) is 0 Å². The molecule has 7 nitrogen and oxygen atoms in total. The Labute approximate surface area is 115 Å². The molecule has 2 aromatic rings. The second kappa shape index (κ2) is 4.53. The van der Waals surface area contributed by atoms with Crippen LogP contribution in [0.2, 0.25) is 0 Å². The van der Waals surface area contributed by atoms with Crippen LogP contribution in [0, 0.1) is 11.8 Å². The number of nitrogens with zero attached hydrogens (tertiary/aromatic N) is 4. The number of imidazole rings is 1. The Bertz CT molecular complexity index is 666. The Balaban J connectivity index is 2.07. The molecule has 1 aliphatic carbocycles. The molecule has 1 unspecified atom stereocenters. The Morgan fingerprint density at radius 1 is 1.45 bits per heavy atom. The highest BCUT2D eigenvalue weighted by atomic mass is 16.3. The second-order valence-corrected chi connectivity index (χ2v) is 5.21. The van der Waals surface area contributed by atoms with Crippen LogP contribution in [0.1, 0.15) is 13.0 Å². The number of aliphatic hydroxyl groups is 2. The molecule has 1 aliphatic rings. The van der Waals surface area contributed by atoms with Crippen LogP contribution in [-0.4, -0.2) is 42.4 Å². The number of hydrogen-bond acceptors (Lipinski definition) is 6. The van der Waals surface area contributed by atoms with E-state index in [0.29, 0.717) is 17.0 Å². The van der Waals surface area contributed by atoms with Gasteiger partial charge in [-0.15, -0.1) is 0 Å². The van der Waals surface area contributed by atoms with E-state index in [1.54, 1.807) is 13.3 Å². The van der Waals surface area contributed by atoms with Gasteiger partial charge in [-0.2, -0.15) is 0 Å². The Morgan fingerprint density at radius 3 is 2.85 bits per heavy atom. The van der Waals surface area contributed by atoms with Crippen molar-refractivity contribution in [2.24, 2.45) is 11.8 Å². The molecule has 4 atom stereocenters. The van der Waals surface area contributed by atoms with Gasteiger partial charge in [0, 0.05) is 11.8 Å². The average Bonchev–Trinajstić information content (AvgIpc) is 2.81. The van der Waals surface area contributed by atoms with E-state index in [-0.39, 0.29) is 24.5 Å². The lowest BCUT2D eigenvalue weighted by atomic mass is 9.63. The molecular weight excluding hydrogens is 258 g/mol. The fourth-order valence-electron chi connectivity index (χ4n) is 3.09. The number of nitrogens with two attached hydrogens (primary N) is 1. The number of aliphatic hydroxyl groups excluding tert-OH is 2. The van der Waals surface area contributed by atoms with E-state index in [1.165, 1.54) is 6.33 Å². The summed E-state index contributed by atoms with van der Waals surface area (Å²) < 4.78 is 1.85. The smallest absolute Gasteiger partial charge is 0.165 e. The van der Waals surface area contributed by atoms with Gasteiger partial charge < -0.3 is 20.5 Å². The molecule has 0 saturated heterocycles. The van der Waals surface area contributed by atoms with Gasteiger partial charge in [-0.1, -0.05) is 6.58 Å². The van der Waals surface area contributed by atoms with E-state index in [0.717, 1.165) is 5.57 Å². The van der Waals surface area contributed by atoms with Gasteiger partial charge in [-0.05, 0) is 12.5 Å². The standard InChI is InChI=1S/C13H17N5O2/c1-6-8(3-19)9(7(2)20)11(6)18-5-17-10-12(14)15-4-16-13(10)18/h4-5,7-9,11,19-20H,1,3H2,2H3,(H2,14,15,16)/t7?,8-,9+,11+/m0/s1. The maximum atomic E-state index is 9.94. The summed E-state index contributed by atoms with van der Waals surface area (Å²) in [5.41, 5.74) is 7.80. The van der Waals surface area contributed by atoms with Gasteiger partial charge in [0.25, 0.3) is 0 Å². The summed E-state index contributed by atoms with van der Waals surface area (Å²) in [6.45, 7) is 5.72. The average molecular weight is 275 g/mol. The maximum absolute atomic E-state index is 9.94. The molecule has 0 amide bonds. The van der Waals surface area contributed by atoms with Gasteiger partial charge >= 0.3 is 0 Å². The minimum absolute atomic E-state index is 0.0192. The number of aromatic nitrogens is 4. The molecule has 0 radical (unpaired) electrons. The van der Waals surface area contributed by atoms with Crippen molar-refractivity contribution in [3.8, 4) is 0 Å². The van der Waals surface area contributed by atoms with Crippen molar-refractivity contribution >= 4 is 17.0 Å². The molecule has 106 valence electrons. The van der Waals surface area contributed by atoms with Crippen LogP contribution in [0.5, 0.6) is 0 Å². The second-order valence-electron chi connectivity index (χ2n) is 5.21. The lowest BCUT2D eigenvalue weighted by Gasteiger charge is -2.48. The van der Waals surface area contributed by atoms with Crippen LogP contribution in [0.4, 0.5) is 5.82 Å². The van der Waals surface area contributed by atoms with Crippen LogP contribution in [0.15, 0.2) is 24.8 Å². The Morgan fingerprint density at radius 2 is 2.20 bits per heavy atom. The number of nitrogen functional groups attached to an aromatic ring is 1. The number of fused-ring (bicyclic) bond motifs is 1. The van der Waals surface area contributed by atoms with Crippen LogP contribution in [-0.2, 0) is 0 Å². The highest BCUT2D eigenvalue weighted by Crippen LogP contribution is 2.50. The summed E-state index contributed by atoms with van der Waals surface area (Å²) >= 11 is 0. The van der Waals surface area contributed by atoms with Gasteiger partial charge in [-0.3, -0.25) is 0 Å². The van der Waals surface area contributed by atoms with E-state index in [4.69, 9.17) is 5.73 Å². The largest absolute Gasteiger partial charge is 0.396 e. The predicted octanol–water partition coefficient (Wildman–Crippen LogP) is 0.125. The summed E-state index contributed by atoms with van der Waals surface area (Å²) in [5.74, 6) is 0.115. The van der Waals surface area contributed by atoms with E-state index in [1.807, 2.05) is 4.57 Å². The highest BCUT2D eigenvalue weighted by Gasteiger charge is 2.48. The molecule has 1 fully saturated rings. The van der Waals surface area contributed by atoms with Crippen LogP contribution < -0.4 is 5.73 Å². The summed E-state index contributed by atoms with van der Waals surface area (Å²) in [5, 5.41) is 19.3. The SMILES string of the molecule is C=C1[C@@H](n2cnc3c(N)ncnc32)[C@H](C(C)O)[C@H]1CO. The molecule has 2 heterocycles. The molecule has 7 heteroatoms. The first-order chi connectivity index (χ1) is 9.56. The topological polar surface area (TPSA) is 110 Å². The molecule has 0 aliphatic heterocycles. The van der Waals surface area contributed by atoms with E-state index in [2.05, 4.69) is 21.5 Å². The van der Waals surface area contributed by atoms with Crippen molar-refractivity contribution in [2.75, 3.05) is 12.3 Å². The first kappa shape index (κ1) is 13.0. The minimum Gasteiger partial charge on any atom is -0.396 e. The maximum Gasteiger partial charge on any atom is 0.165 e. The molecule has 2 aromatic heterocycles. The minimum atomic E-state index is -0.556. The third-order valence-corrected chi connectivity index (χ3v) is 4.13. The molecule has 0 aromatic carbocycles. The van der Waals surface area contributed by atoms with Gasteiger partial charge in [0.15, 0.2) is 11.5 Å². The van der Waals surface area contributed by atoms with Crippen molar-refractivity contribution < 1.29 is 10.2 Å². The zero-order valence-electron chi connectivity index (χ0n) is 11.1. The quantitative estimate of drug-likeness (QED) is 0.686. The van der Waals surface area contributed by atoms with E-state index < -0.39 is 6.10 Å². The molecule has 20 heavy (non-hydrogen) atoms. The molecule has 4 N–H and O–H groups in total. The molecule has 1 saturated carbocycles. The summed E-state index contributed by atoms with van der Waals surface area (Å²) in [7, 11) is 0. The summed E-state index contributed by atoms with van der Waals surface area (Å²) in [6.07, 6.45) is 2.46. The first-order valence-corrected chi connectivity index (χ1v) is 6.47. The van der Waals surface area contributed by atoms with Gasteiger partial charge in [0.05, 0.1) is 25.1 Å². The fraction of sp³-hybridized carbons (Fsp3) is 0.462. The number of anilines is 1. The van der Waals surface area contributed by atoms with Gasteiger partial charge in [0.1, 0.15) is 11.8 Å².